The van der Waals surface area contributed by atoms with Crippen LogP contribution in [0.5, 0.6) is 11.8 Å². The van der Waals surface area contributed by atoms with E-state index in [9.17, 15) is 19.2 Å². The maximum Gasteiger partial charge on any atom is 0.333 e. The molecule has 4 bridgehead atoms. The molecule has 6 unspecified atom stereocenters. The van der Waals surface area contributed by atoms with Crippen LogP contribution in [0.2, 0.25) is 0 Å². The van der Waals surface area contributed by atoms with Crippen molar-refractivity contribution in [2.24, 2.45) is 11.5 Å². The summed E-state index contributed by atoms with van der Waals surface area (Å²) in [5.74, 6) is -2.57. The van der Waals surface area contributed by atoms with Crippen LogP contribution >= 0.6 is 31.9 Å². The number of piperidine rings is 2. The second-order valence-corrected chi connectivity index (χ2v) is 14.0. The van der Waals surface area contributed by atoms with Gasteiger partial charge in [0, 0.05) is 74.1 Å². The number of pyridine rings is 2. The third kappa shape index (κ3) is 7.98. The van der Waals surface area contributed by atoms with Gasteiger partial charge in [-0.1, -0.05) is 12.1 Å². The van der Waals surface area contributed by atoms with Gasteiger partial charge in [-0.3, -0.25) is 19.4 Å². The highest BCUT2D eigenvalue weighted by Crippen LogP contribution is 2.40. The largest absolute Gasteiger partial charge is 0.474 e. The third-order valence-corrected chi connectivity index (χ3v) is 10.2. The number of primary amides is 2. The van der Waals surface area contributed by atoms with Gasteiger partial charge in [0.2, 0.25) is 24.2 Å². The van der Waals surface area contributed by atoms with Crippen molar-refractivity contribution in [1.82, 2.24) is 19.8 Å². The number of halogens is 2. The average Bonchev–Trinajstić information content (AvgIpc) is 3.44. The van der Waals surface area contributed by atoms with Gasteiger partial charge in [-0.2, -0.15) is 0 Å². The summed E-state index contributed by atoms with van der Waals surface area (Å²) in [6.45, 7) is 0. The summed E-state index contributed by atoms with van der Waals surface area (Å²) in [6.07, 6.45) is 4.27. The van der Waals surface area contributed by atoms with Crippen LogP contribution in [0.3, 0.4) is 0 Å². The molecular weight excluding hydrogens is 756 g/mol. The highest BCUT2D eigenvalue weighted by atomic mass is 79.9. The minimum Gasteiger partial charge on any atom is -0.474 e. The molecule has 0 aromatic carbocycles. The minimum atomic E-state index is -1.33. The summed E-state index contributed by atoms with van der Waals surface area (Å²) in [7, 11) is 0. The Labute approximate surface area is 293 Å². The molecule has 48 heavy (non-hydrogen) atoms. The molecule has 14 nitrogen and oxygen atoms in total. The SMILES string of the molecule is NC(=O)C(OC(=O)/C=C/C(=O)OC(C(N)=O)N1C2CCC1CC(Oc1cccc(Br)n1)C2)N1C2CCC1CC(Oc1cccc(Br)n1)C2. The lowest BCUT2D eigenvalue weighted by atomic mass is 9.99. The highest BCUT2D eigenvalue weighted by Gasteiger charge is 2.49. The molecule has 0 saturated carbocycles. The fourth-order valence-electron chi connectivity index (χ4n) is 7.50. The Kier molecular flexibility index (Phi) is 10.6. The van der Waals surface area contributed by atoms with E-state index in [4.69, 9.17) is 30.4 Å². The molecule has 0 radical (unpaired) electrons. The number of nitrogens with zero attached hydrogens (tertiary/aromatic N) is 4. The van der Waals surface area contributed by atoms with Crippen LogP contribution in [-0.2, 0) is 28.7 Å². The number of hydrogen-bond acceptors (Lipinski definition) is 12. The molecule has 6 heterocycles. The molecule has 2 amide bonds. The molecule has 0 aliphatic carbocycles. The molecule has 0 spiro atoms. The molecule has 4 saturated heterocycles. The van der Waals surface area contributed by atoms with E-state index < -0.39 is 36.2 Å². The van der Waals surface area contributed by atoms with Crippen LogP contribution in [0, 0.1) is 0 Å². The standard InChI is InChI=1S/C32H36Br2N6O8/c33-23-3-1-5-25(37-23)45-21-13-17-7-8-18(14-21)39(17)31(29(35)43)47-27(41)11-12-28(42)48-32(30(36)44)40-19-9-10-20(40)16-22(15-19)46-26-6-2-4-24(34)38-26/h1-6,11-12,17-22,31-32H,7-10,13-16H2,(H2,35,43)(H2,36,44)/b12-11+. The van der Waals surface area contributed by atoms with E-state index in [1.54, 1.807) is 12.1 Å². The number of fused-ring (bicyclic) bond motifs is 4. The molecule has 256 valence electrons. The Bertz CT molecular complexity index is 1440. The number of ether oxygens (including phenoxy) is 4. The van der Waals surface area contributed by atoms with Crippen molar-refractivity contribution in [2.45, 2.75) is 100 Å². The van der Waals surface area contributed by atoms with Gasteiger partial charge in [0.1, 0.15) is 21.4 Å². The zero-order chi connectivity index (χ0) is 33.9. The lowest BCUT2D eigenvalue weighted by Gasteiger charge is -2.41. The Hall–Kier alpha value is -3.60. The molecule has 16 heteroatoms. The van der Waals surface area contributed by atoms with Gasteiger partial charge < -0.3 is 30.4 Å². The van der Waals surface area contributed by atoms with Crippen LogP contribution in [-0.4, -0.2) is 92.4 Å². The summed E-state index contributed by atoms with van der Waals surface area (Å²) in [5.41, 5.74) is 11.4. The van der Waals surface area contributed by atoms with Gasteiger partial charge in [0.25, 0.3) is 11.8 Å². The van der Waals surface area contributed by atoms with Crippen molar-refractivity contribution < 1.29 is 38.1 Å². The molecule has 2 aromatic heterocycles. The molecule has 4 N–H and O–H groups in total. The number of carbonyl (C=O) groups is 4. The van der Waals surface area contributed by atoms with Gasteiger partial charge in [-0.25, -0.2) is 19.6 Å². The van der Waals surface area contributed by atoms with E-state index in [1.807, 2.05) is 34.1 Å². The number of hydrogen-bond donors (Lipinski definition) is 2. The van der Waals surface area contributed by atoms with E-state index in [2.05, 4.69) is 41.8 Å². The summed E-state index contributed by atoms with van der Waals surface area (Å²) < 4.78 is 24.4. The maximum absolute atomic E-state index is 12.8. The monoisotopic (exact) mass is 790 g/mol. The van der Waals surface area contributed by atoms with Gasteiger partial charge in [0.15, 0.2) is 0 Å². The summed E-state index contributed by atoms with van der Waals surface area (Å²) in [4.78, 5) is 62.9. The Morgan fingerprint density at radius 2 is 1.02 bits per heavy atom. The lowest BCUT2D eigenvalue weighted by molar-refractivity contribution is -0.170. The van der Waals surface area contributed by atoms with Crippen LogP contribution in [0.25, 0.3) is 0 Å². The predicted octanol–water partition coefficient (Wildman–Crippen LogP) is 2.72. The Morgan fingerprint density at radius 3 is 1.33 bits per heavy atom. The maximum atomic E-state index is 12.8. The van der Waals surface area contributed by atoms with Crippen LogP contribution in [0.4, 0.5) is 0 Å². The predicted molar refractivity (Wildman–Crippen MR) is 176 cm³/mol. The van der Waals surface area contributed by atoms with Crippen LogP contribution in [0.1, 0.15) is 51.4 Å². The quantitative estimate of drug-likeness (QED) is 0.182. The van der Waals surface area contributed by atoms with Crippen molar-refractivity contribution in [1.29, 1.82) is 0 Å². The minimum absolute atomic E-state index is 0.104. The fraction of sp³-hybridized carbons (Fsp3) is 0.500. The zero-order valence-electron chi connectivity index (χ0n) is 25.9. The lowest BCUT2D eigenvalue weighted by Crippen LogP contribution is -2.57. The molecule has 4 aliphatic rings. The topological polar surface area (TPSA) is 190 Å². The van der Waals surface area contributed by atoms with E-state index >= 15 is 0 Å². The van der Waals surface area contributed by atoms with Crippen molar-refractivity contribution in [3.63, 3.8) is 0 Å². The first kappa shape index (κ1) is 34.3. The zero-order valence-corrected chi connectivity index (χ0v) is 29.0. The van der Waals surface area contributed by atoms with Crippen LogP contribution < -0.4 is 20.9 Å². The molecule has 6 rings (SSSR count). The van der Waals surface area contributed by atoms with Crippen molar-refractivity contribution in [2.75, 3.05) is 0 Å². The van der Waals surface area contributed by atoms with Crippen molar-refractivity contribution in [3.05, 3.63) is 57.8 Å². The average molecular weight is 792 g/mol. The van der Waals surface area contributed by atoms with E-state index in [-0.39, 0.29) is 36.4 Å². The normalized spacial score (nSPS) is 28.0. The smallest absolute Gasteiger partial charge is 0.333 e. The first-order valence-electron chi connectivity index (χ1n) is 15.8. The second-order valence-electron chi connectivity index (χ2n) is 12.4. The fourth-order valence-corrected chi connectivity index (χ4v) is 8.16. The van der Waals surface area contributed by atoms with Crippen LogP contribution in [0.15, 0.2) is 57.8 Å². The number of carbonyl (C=O) groups excluding carboxylic acids is 4. The number of rotatable bonds is 12. The van der Waals surface area contributed by atoms with Gasteiger partial charge >= 0.3 is 11.9 Å². The highest BCUT2D eigenvalue weighted by molar-refractivity contribution is 9.10. The molecule has 6 atom stereocenters. The molecule has 4 aliphatic heterocycles. The molecular formula is C32H36Br2N6O8. The van der Waals surface area contributed by atoms with Gasteiger partial charge in [-0.15, -0.1) is 0 Å². The number of aromatic nitrogens is 2. The van der Waals surface area contributed by atoms with E-state index in [1.165, 1.54) is 0 Å². The number of amides is 2. The van der Waals surface area contributed by atoms with E-state index in [0.29, 0.717) is 46.6 Å². The molecule has 2 aromatic rings. The number of esters is 2. The summed E-state index contributed by atoms with van der Waals surface area (Å²) >= 11 is 6.69. The first-order valence-corrected chi connectivity index (χ1v) is 17.4. The Morgan fingerprint density at radius 1 is 0.667 bits per heavy atom. The van der Waals surface area contributed by atoms with E-state index in [0.717, 1.165) is 37.8 Å². The van der Waals surface area contributed by atoms with Crippen molar-refractivity contribution in [3.8, 4) is 11.8 Å². The summed E-state index contributed by atoms with van der Waals surface area (Å²) in [6, 6.07) is 10.4. The molecule has 4 fully saturated rings. The first-order chi connectivity index (χ1) is 23.0. The number of nitrogens with two attached hydrogens (primary N) is 2. The Balaban J connectivity index is 1.03. The summed E-state index contributed by atoms with van der Waals surface area (Å²) in [5, 5.41) is 0. The third-order valence-electron chi connectivity index (χ3n) is 9.29. The van der Waals surface area contributed by atoms with Gasteiger partial charge in [0.05, 0.1) is 0 Å². The van der Waals surface area contributed by atoms with Gasteiger partial charge in [-0.05, 0) is 69.7 Å². The second kappa shape index (κ2) is 14.9. The van der Waals surface area contributed by atoms with Crippen molar-refractivity contribution >= 4 is 55.6 Å².